The minimum atomic E-state index is -0.991. The fourth-order valence-electron chi connectivity index (χ4n) is 4.93. The van der Waals surface area contributed by atoms with Crippen LogP contribution in [-0.2, 0) is 29.6 Å². The molecule has 1 saturated heterocycles. The van der Waals surface area contributed by atoms with E-state index in [4.69, 9.17) is 0 Å². The van der Waals surface area contributed by atoms with Crippen LogP contribution in [0.15, 0.2) is 46.9 Å². The first kappa shape index (κ1) is 21.1. The summed E-state index contributed by atoms with van der Waals surface area (Å²) in [7, 11) is 0. The molecule has 0 aromatic heterocycles. The second-order valence-electron chi connectivity index (χ2n) is 8.74. The van der Waals surface area contributed by atoms with E-state index in [0.717, 1.165) is 54.1 Å². The maximum atomic E-state index is 13.7. The molecule has 0 radical (unpaired) electrons. The van der Waals surface area contributed by atoms with Gasteiger partial charge in [0, 0.05) is 10.5 Å². The first-order valence-corrected chi connectivity index (χ1v) is 11.7. The molecule has 4 nitrogen and oxygen atoms in total. The summed E-state index contributed by atoms with van der Waals surface area (Å²) in [5.41, 5.74) is 3.89. The summed E-state index contributed by atoms with van der Waals surface area (Å²) in [5, 5.41) is 3.13. The van der Waals surface area contributed by atoms with Crippen LogP contribution in [0.5, 0.6) is 0 Å². The van der Waals surface area contributed by atoms with Crippen LogP contribution in [0.4, 0.5) is 4.79 Å². The number of benzene rings is 2. The molecule has 2 aromatic rings. The van der Waals surface area contributed by atoms with Crippen LogP contribution >= 0.6 is 15.9 Å². The van der Waals surface area contributed by atoms with Crippen LogP contribution in [0.2, 0.25) is 0 Å². The average Bonchev–Trinajstić information content (AvgIpc) is 2.97. The number of rotatable bonds is 1. The fraction of sp³-hybridized carbons (Fsp3) is 0.440. The lowest BCUT2D eigenvalue weighted by molar-refractivity contribution is -0.133. The Morgan fingerprint density at radius 3 is 2.20 bits per heavy atom. The van der Waals surface area contributed by atoms with E-state index in [2.05, 4.69) is 51.6 Å². The third kappa shape index (κ3) is 3.80. The fourth-order valence-corrected chi connectivity index (χ4v) is 5.29. The van der Waals surface area contributed by atoms with Crippen LogP contribution in [0.25, 0.3) is 0 Å². The van der Waals surface area contributed by atoms with Crippen molar-refractivity contribution in [3.05, 3.63) is 69.2 Å². The lowest BCUT2D eigenvalue weighted by atomic mass is 9.79. The predicted molar refractivity (Wildman–Crippen MR) is 122 cm³/mol. The van der Waals surface area contributed by atoms with Gasteiger partial charge in [0.05, 0.1) is 0 Å². The zero-order valence-electron chi connectivity index (χ0n) is 17.7. The van der Waals surface area contributed by atoms with Crippen molar-refractivity contribution < 1.29 is 9.59 Å². The summed E-state index contributed by atoms with van der Waals surface area (Å²) in [6.45, 7) is 3.79. The number of urea groups is 1. The molecule has 3 amide bonds. The van der Waals surface area contributed by atoms with Gasteiger partial charge in [-0.05, 0) is 93.2 Å². The zero-order chi connectivity index (χ0) is 21.3. The number of aryl methyl sites for hydroxylation is 3. The number of hydrogen-bond donors (Lipinski definition) is 1. The molecule has 1 N–H and O–H groups in total. The monoisotopic (exact) mass is 468 g/mol. The lowest BCUT2D eigenvalue weighted by Crippen LogP contribution is -2.45. The quantitative estimate of drug-likeness (QED) is 0.561. The van der Waals surface area contributed by atoms with Crippen molar-refractivity contribution in [1.82, 2.24) is 10.2 Å². The smallest absolute Gasteiger partial charge is 0.319 e. The van der Waals surface area contributed by atoms with Crippen LogP contribution in [0, 0.1) is 0 Å². The second kappa shape index (κ2) is 8.54. The molecule has 158 valence electrons. The minimum Gasteiger partial charge on any atom is -0.319 e. The van der Waals surface area contributed by atoms with Crippen LogP contribution in [0.3, 0.4) is 0 Å². The highest BCUT2D eigenvalue weighted by Crippen LogP contribution is 2.39. The van der Waals surface area contributed by atoms with E-state index in [-0.39, 0.29) is 18.0 Å². The van der Waals surface area contributed by atoms with Gasteiger partial charge >= 0.3 is 6.03 Å². The number of carbonyl (C=O) groups is 2. The SMILES string of the molecule is CC(C)N1C(=O)NC2(CCCc3ccccc3CCCCc3ccc(Br)cc32)C1=O. The van der Waals surface area contributed by atoms with E-state index in [1.165, 1.54) is 16.0 Å². The summed E-state index contributed by atoms with van der Waals surface area (Å²) < 4.78 is 0.933. The van der Waals surface area contributed by atoms with Gasteiger partial charge in [0.1, 0.15) is 5.54 Å². The topological polar surface area (TPSA) is 49.4 Å². The number of nitrogens with one attached hydrogen (secondary N) is 1. The van der Waals surface area contributed by atoms with E-state index < -0.39 is 5.54 Å². The third-order valence-electron chi connectivity index (χ3n) is 6.43. The van der Waals surface area contributed by atoms with Crippen molar-refractivity contribution in [3.63, 3.8) is 0 Å². The Hall–Kier alpha value is -2.14. The molecule has 5 heteroatoms. The molecule has 1 atom stereocenters. The molecule has 1 heterocycles. The van der Waals surface area contributed by atoms with Gasteiger partial charge in [-0.1, -0.05) is 46.3 Å². The van der Waals surface area contributed by atoms with E-state index >= 15 is 0 Å². The van der Waals surface area contributed by atoms with Gasteiger partial charge in [0.25, 0.3) is 5.91 Å². The van der Waals surface area contributed by atoms with Crippen molar-refractivity contribution in [1.29, 1.82) is 0 Å². The maximum absolute atomic E-state index is 13.7. The maximum Gasteiger partial charge on any atom is 0.325 e. The van der Waals surface area contributed by atoms with Gasteiger partial charge in [-0.15, -0.1) is 0 Å². The van der Waals surface area contributed by atoms with Crippen LogP contribution in [0.1, 0.15) is 61.8 Å². The Bertz CT molecular complexity index is 971. The van der Waals surface area contributed by atoms with Crippen LogP contribution < -0.4 is 5.32 Å². The number of nitrogens with zero attached hydrogens (tertiary/aromatic N) is 1. The highest BCUT2D eigenvalue weighted by molar-refractivity contribution is 9.10. The molecule has 4 rings (SSSR count). The second-order valence-corrected chi connectivity index (χ2v) is 9.65. The van der Waals surface area contributed by atoms with Gasteiger partial charge in [-0.25, -0.2) is 4.79 Å². The zero-order valence-corrected chi connectivity index (χ0v) is 19.3. The van der Waals surface area contributed by atoms with E-state index in [1.54, 1.807) is 0 Å². The summed E-state index contributed by atoms with van der Waals surface area (Å²) in [5.74, 6) is -0.118. The molecule has 0 saturated carbocycles. The highest BCUT2D eigenvalue weighted by atomic mass is 79.9. The largest absolute Gasteiger partial charge is 0.325 e. The van der Waals surface area contributed by atoms with Crippen molar-refractivity contribution in [3.8, 4) is 0 Å². The standard InChI is InChI=1S/C25H29BrN2O2/c1-17(2)28-23(29)25(27-24(28)30)15-7-12-19-10-4-3-8-18(19)9-5-6-11-20-13-14-21(26)16-22(20)25/h3-4,8,10,13-14,16-17H,5-7,9,11-12,15H2,1-2H3,(H,27,30). The Morgan fingerprint density at radius 1 is 0.933 bits per heavy atom. The summed E-state index contributed by atoms with van der Waals surface area (Å²) in [4.78, 5) is 27.9. The van der Waals surface area contributed by atoms with Gasteiger partial charge in [0.2, 0.25) is 0 Å². The molecule has 30 heavy (non-hydrogen) atoms. The molecule has 0 bridgehead atoms. The average molecular weight is 469 g/mol. The predicted octanol–water partition coefficient (Wildman–Crippen LogP) is 5.51. The lowest BCUT2D eigenvalue weighted by Gasteiger charge is -2.31. The number of halogens is 1. The van der Waals surface area contributed by atoms with Crippen molar-refractivity contribution in [2.45, 2.75) is 70.4 Å². The number of fused-ring (bicyclic) bond motifs is 3. The molecule has 1 aliphatic carbocycles. The molecular weight excluding hydrogens is 440 g/mol. The number of imide groups is 1. The first-order valence-electron chi connectivity index (χ1n) is 10.9. The summed E-state index contributed by atoms with van der Waals surface area (Å²) in [6, 6.07) is 14.4. The third-order valence-corrected chi connectivity index (χ3v) is 6.92. The van der Waals surface area contributed by atoms with Gasteiger partial charge in [-0.3, -0.25) is 9.69 Å². The number of carbonyl (C=O) groups excluding carboxylic acids is 2. The highest BCUT2D eigenvalue weighted by Gasteiger charge is 2.53. The number of amides is 3. The molecule has 1 aliphatic heterocycles. The minimum absolute atomic E-state index is 0.118. The van der Waals surface area contributed by atoms with Gasteiger partial charge in [-0.2, -0.15) is 0 Å². The van der Waals surface area contributed by atoms with Gasteiger partial charge < -0.3 is 5.32 Å². The molecule has 1 fully saturated rings. The normalized spacial score (nSPS) is 22.3. The van der Waals surface area contributed by atoms with E-state index in [9.17, 15) is 9.59 Å². The Labute approximate surface area is 187 Å². The number of hydrogen-bond acceptors (Lipinski definition) is 2. The molecule has 2 aromatic carbocycles. The molecule has 2 aliphatic rings. The Kier molecular flexibility index (Phi) is 6.01. The van der Waals surface area contributed by atoms with Gasteiger partial charge in [0.15, 0.2) is 0 Å². The van der Waals surface area contributed by atoms with E-state index in [1.807, 2.05) is 26.0 Å². The molecular formula is C25H29BrN2O2. The summed E-state index contributed by atoms with van der Waals surface area (Å²) in [6.07, 6.45) is 6.49. The first-order chi connectivity index (χ1) is 14.4. The Morgan fingerprint density at radius 2 is 1.57 bits per heavy atom. The van der Waals surface area contributed by atoms with Crippen molar-refractivity contribution in [2.24, 2.45) is 0 Å². The summed E-state index contributed by atoms with van der Waals surface area (Å²) >= 11 is 3.59. The molecule has 1 unspecified atom stereocenters. The van der Waals surface area contributed by atoms with Crippen LogP contribution in [-0.4, -0.2) is 22.9 Å². The van der Waals surface area contributed by atoms with Crippen molar-refractivity contribution in [2.75, 3.05) is 0 Å². The Balaban J connectivity index is 1.79. The van der Waals surface area contributed by atoms with Crippen molar-refractivity contribution >= 4 is 27.9 Å². The van der Waals surface area contributed by atoms with E-state index in [0.29, 0.717) is 6.42 Å². The molecule has 1 spiro atoms.